The number of guanidine groups is 1. The van der Waals surface area contributed by atoms with Gasteiger partial charge in [-0.15, -0.1) is 24.0 Å². The first-order chi connectivity index (χ1) is 11.0. The van der Waals surface area contributed by atoms with E-state index in [0.29, 0.717) is 5.41 Å². The van der Waals surface area contributed by atoms with Crippen LogP contribution in [0.4, 0.5) is 0 Å². The molecule has 138 valence electrons. The van der Waals surface area contributed by atoms with E-state index in [2.05, 4.69) is 48.0 Å². The molecule has 0 unspecified atom stereocenters. The molecule has 1 aromatic rings. The van der Waals surface area contributed by atoms with Gasteiger partial charge in [-0.2, -0.15) is 0 Å². The molecular weight excluding hydrogens is 417 g/mol. The van der Waals surface area contributed by atoms with Gasteiger partial charge in [-0.25, -0.2) is 0 Å². The monoisotopic (exact) mass is 449 g/mol. The fourth-order valence-electron chi connectivity index (χ4n) is 2.59. The van der Waals surface area contributed by atoms with Crippen molar-refractivity contribution < 1.29 is 4.52 Å². The van der Waals surface area contributed by atoms with Crippen molar-refractivity contribution in [2.24, 2.45) is 10.4 Å². The summed E-state index contributed by atoms with van der Waals surface area (Å²) in [6, 6.07) is 1.93. The lowest BCUT2D eigenvalue weighted by atomic mass is 9.92. The van der Waals surface area contributed by atoms with E-state index in [1.807, 2.05) is 6.07 Å². The summed E-state index contributed by atoms with van der Waals surface area (Å²) >= 11 is 0. The first kappa shape index (κ1) is 21.2. The predicted octanol–water partition coefficient (Wildman–Crippen LogP) is 2.81. The Labute approximate surface area is 163 Å². The minimum atomic E-state index is 0. The highest BCUT2D eigenvalue weighted by molar-refractivity contribution is 14.0. The van der Waals surface area contributed by atoms with Gasteiger partial charge in [0.1, 0.15) is 6.26 Å². The van der Waals surface area contributed by atoms with Crippen LogP contribution in [0.25, 0.3) is 0 Å². The first-order valence-corrected chi connectivity index (χ1v) is 8.63. The molecule has 0 spiro atoms. The maximum atomic E-state index is 4.90. The molecule has 2 heterocycles. The fraction of sp³-hybridized carbons (Fsp3) is 0.765. The molecule has 7 heteroatoms. The Balaban J connectivity index is 0.00000288. The average Bonchev–Trinajstić information content (AvgIpc) is 2.99. The van der Waals surface area contributed by atoms with Crippen molar-refractivity contribution >= 4 is 29.9 Å². The number of hydrogen-bond acceptors (Lipinski definition) is 4. The molecule has 24 heavy (non-hydrogen) atoms. The summed E-state index contributed by atoms with van der Waals surface area (Å²) in [6.07, 6.45) is 2.74. The second-order valence-electron chi connectivity index (χ2n) is 7.30. The summed E-state index contributed by atoms with van der Waals surface area (Å²) in [5, 5.41) is 7.42. The van der Waals surface area contributed by atoms with E-state index < -0.39 is 0 Å². The molecule has 1 saturated heterocycles. The normalized spacial score (nSPS) is 16.8. The maximum absolute atomic E-state index is 4.90. The number of rotatable bonds is 5. The Kier molecular flexibility index (Phi) is 9.04. The molecule has 0 atom stereocenters. The number of halogens is 1. The van der Waals surface area contributed by atoms with Crippen molar-refractivity contribution in [3.05, 3.63) is 18.0 Å². The van der Waals surface area contributed by atoms with Crippen LogP contribution in [0.2, 0.25) is 0 Å². The van der Waals surface area contributed by atoms with Gasteiger partial charge >= 0.3 is 0 Å². The largest absolute Gasteiger partial charge is 0.364 e. The highest BCUT2D eigenvalue weighted by atomic mass is 127. The van der Waals surface area contributed by atoms with Crippen molar-refractivity contribution in [1.29, 1.82) is 0 Å². The third kappa shape index (κ3) is 7.38. The van der Waals surface area contributed by atoms with Crippen molar-refractivity contribution in [2.45, 2.75) is 40.7 Å². The summed E-state index contributed by atoms with van der Waals surface area (Å²) in [4.78, 5) is 9.59. The molecular formula is C17H32IN5O. The van der Waals surface area contributed by atoms with Crippen LogP contribution in [0, 0.1) is 5.41 Å². The topological polar surface area (TPSA) is 56.9 Å². The van der Waals surface area contributed by atoms with Crippen LogP contribution in [0.15, 0.2) is 21.8 Å². The van der Waals surface area contributed by atoms with Crippen LogP contribution in [-0.2, 0) is 6.54 Å². The van der Waals surface area contributed by atoms with Gasteiger partial charge in [0.05, 0.1) is 5.69 Å². The van der Waals surface area contributed by atoms with Crippen molar-refractivity contribution in [3.63, 3.8) is 0 Å². The summed E-state index contributed by atoms with van der Waals surface area (Å²) in [7, 11) is 0. The lowest BCUT2D eigenvalue weighted by Crippen LogP contribution is -2.52. The molecule has 0 radical (unpaired) electrons. The predicted molar refractivity (Wildman–Crippen MR) is 109 cm³/mol. The van der Waals surface area contributed by atoms with Gasteiger partial charge in [0.15, 0.2) is 5.96 Å². The van der Waals surface area contributed by atoms with Crippen LogP contribution in [0.3, 0.4) is 0 Å². The molecule has 0 amide bonds. The zero-order valence-electron chi connectivity index (χ0n) is 15.4. The number of nitrogens with one attached hydrogen (secondary N) is 1. The highest BCUT2D eigenvalue weighted by Gasteiger charge is 2.20. The molecule has 0 bridgehead atoms. The van der Waals surface area contributed by atoms with Crippen LogP contribution in [0.5, 0.6) is 0 Å². The van der Waals surface area contributed by atoms with Gasteiger partial charge in [-0.05, 0) is 18.8 Å². The maximum Gasteiger partial charge on any atom is 0.194 e. The minimum absolute atomic E-state index is 0. The van der Waals surface area contributed by atoms with E-state index in [1.54, 1.807) is 6.26 Å². The van der Waals surface area contributed by atoms with Crippen LogP contribution < -0.4 is 5.32 Å². The molecule has 1 aromatic heterocycles. The van der Waals surface area contributed by atoms with E-state index in [1.165, 1.54) is 0 Å². The van der Waals surface area contributed by atoms with Crippen molar-refractivity contribution in [3.8, 4) is 0 Å². The molecule has 1 aliphatic heterocycles. The van der Waals surface area contributed by atoms with Gasteiger partial charge in [-0.1, -0.05) is 25.9 Å². The quantitative estimate of drug-likeness (QED) is 0.426. The number of aliphatic imine (C=N–C) groups is 1. The van der Waals surface area contributed by atoms with E-state index in [9.17, 15) is 0 Å². The van der Waals surface area contributed by atoms with Crippen molar-refractivity contribution in [1.82, 2.24) is 20.3 Å². The van der Waals surface area contributed by atoms with E-state index >= 15 is 0 Å². The summed E-state index contributed by atoms with van der Waals surface area (Å²) < 4.78 is 4.90. The third-order valence-electron chi connectivity index (χ3n) is 4.01. The smallest absolute Gasteiger partial charge is 0.194 e. The SMILES string of the molecule is CCNC(=NCCC(C)(C)C)N1CCN(Cc2ccon2)CC1.I. The van der Waals surface area contributed by atoms with Gasteiger partial charge in [0, 0.05) is 51.9 Å². The molecule has 2 rings (SSSR count). The number of aromatic nitrogens is 1. The Morgan fingerprint density at radius 3 is 2.54 bits per heavy atom. The third-order valence-corrected chi connectivity index (χ3v) is 4.01. The number of nitrogens with zero attached hydrogens (tertiary/aromatic N) is 4. The number of piperazine rings is 1. The Morgan fingerprint density at radius 2 is 2.00 bits per heavy atom. The van der Waals surface area contributed by atoms with Gasteiger partial charge < -0.3 is 14.7 Å². The van der Waals surface area contributed by atoms with E-state index in [4.69, 9.17) is 9.52 Å². The second-order valence-corrected chi connectivity index (χ2v) is 7.30. The Hall–Kier alpha value is -0.830. The molecule has 0 aliphatic carbocycles. The zero-order valence-corrected chi connectivity index (χ0v) is 17.7. The van der Waals surface area contributed by atoms with Crippen LogP contribution in [0.1, 0.15) is 39.8 Å². The minimum Gasteiger partial charge on any atom is -0.364 e. The Morgan fingerprint density at radius 1 is 1.29 bits per heavy atom. The standard InChI is InChI=1S/C17H31N5O.HI/c1-5-18-16(19-8-7-17(2,3)4)22-11-9-21(10-12-22)14-15-6-13-23-20-15;/h6,13H,5,7-12,14H2,1-4H3,(H,18,19);1H. The molecule has 1 fully saturated rings. The first-order valence-electron chi connectivity index (χ1n) is 8.63. The second kappa shape index (κ2) is 10.2. The molecule has 0 aromatic carbocycles. The lowest BCUT2D eigenvalue weighted by molar-refractivity contribution is 0.169. The molecule has 1 N–H and O–H groups in total. The summed E-state index contributed by atoms with van der Waals surface area (Å²) in [5.74, 6) is 1.05. The average molecular weight is 449 g/mol. The van der Waals surface area contributed by atoms with Crippen LogP contribution >= 0.6 is 24.0 Å². The highest BCUT2D eigenvalue weighted by Crippen LogP contribution is 2.18. The molecule has 1 aliphatic rings. The van der Waals surface area contributed by atoms with E-state index in [0.717, 1.165) is 63.9 Å². The van der Waals surface area contributed by atoms with Gasteiger partial charge in [-0.3, -0.25) is 9.89 Å². The van der Waals surface area contributed by atoms with Gasteiger partial charge in [0.2, 0.25) is 0 Å². The number of hydrogen-bond donors (Lipinski definition) is 1. The zero-order chi connectivity index (χ0) is 16.7. The van der Waals surface area contributed by atoms with E-state index in [-0.39, 0.29) is 24.0 Å². The molecule has 0 saturated carbocycles. The summed E-state index contributed by atoms with van der Waals surface area (Å²) in [6.45, 7) is 15.6. The van der Waals surface area contributed by atoms with Gasteiger partial charge in [0.25, 0.3) is 0 Å². The Bertz CT molecular complexity index is 476. The lowest BCUT2D eigenvalue weighted by Gasteiger charge is -2.36. The molecule has 6 nitrogen and oxygen atoms in total. The summed E-state index contributed by atoms with van der Waals surface area (Å²) in [5.41, 5.74) is 1.33. The van der Waals surface area contributed by atoms with Crippen molar-refractivity contribution in [2.75, 3.05) is 39.3 Å². The fourth-order valence-corrected chi connectivity index (χ4v) is 2.59. The van der Waals surface area contributed by atoms with Crippen LogP contribution in [-0.4, -0.2) is 60.2 Å².